The number of methoxy groups -OCH3 is 1. The number of carbonyl (C=O) groups excluding carboxylic acids is 2. The summed E-state index contributed by atoms with van der Waals surface area (Å²) in [6.45, 7) is 2.68. The third kappa shape index (κ3) is 7.39. The highest BCUT2D eigenvalue weighted by atomic mass is 35.5. The minimum Gasteiger partial charge on any atom is -0.493 e. The zero-order valence-electron chi connectivity index (χ0n) is 19.0. The summed E-state index contributed by atoms with van der Waals surface area (Å²) in [7, 11) is 1.56. The second kappa shape index (κ2) is 12.5. The zero-order valence-corrected chi connectivity index (χ0v) is 19.8. The van der Waals surface area contributed by atoms with Crippen molar-refractivity contribution < 1.29 is 23.8 Å². The average molecular weight is 480 g/mol. The minimum absolute atomic E-state index is 0.302. The van der Waals surface area contributed by atoms with E-state index >= 15 is 0 Å². The summed E-state index contributed by atoms with van der Waals surface area (Å²) in [5.74, 6) is 0.469. The number of nitrogens with one attached hydrogen (secondary N) is 1. The maximum atomic E-state index is 12.3. The van der Waals surface area contributed by atoms with Gasteiger partial charge in [-0.1, -0.05) is 36.7 Å². The summed E-state index contributed by atoms with van der Waals surface area (Å²) in [5, 5.41) is 3.43. The highest BCUT2D eigenvalue weighted by Gasteiger charge is 2.08. The van der Waals surface area contributed by atoms with Gasteiger partial charge in [0.25, 0.3) is 0 Å². The molecule has 0 unspecified atom stereocenters. The van der Waals surface area contributed by atoms with Crippen molar-refractivity contribution in [1.82, 2.24) is 0 Å². The Morgan fingerprint density at radius 3 is 2.38 bits per heavy atom. The molecule has 176 valence electrons. The molecule has 0 atom stereocenters. The third-order valence-electron chi connectivity index (χ3n) is 4.75. The van der Waals surface area contributed by atoms with E-state index in [0.717, 1.165) is 17.5 Å². The zero-order chi connectivity index (χ0) is 24.3. The van der Waals surface area contributed by atoms with Gasteiger partial charge in [0.2, 0.25) is 5.91 Å². The number of hydrogen-bond acceptors (Lipinski definition) is 5. The van der Waals surface area contributed by atoms with Crippen LogP contribution in [0, 0.1) is 0 Å². The number of esters is 1. The van der Waals surface area contributed by atoms with Crippen LogP contribution in [0.2, 0.25) is 5.02 Å². The van der Waals surface area contributed by atoms with Crippen molar-refractivity contribution in [2.45, 2.75) is 20.0 Å². The molecule has 0 saturated carbocycles. The molecule has 7 heteroatoms. The van der Waals surface area contributed by atoms with Crippen LogP contribution in [0.1, 0.15) is 34.8 Å². The summed E-state index contributed by atoms with van der Waals surface area (Å²) in [6.07, 6.45) is 3.86. The maximum Gasteiger partial charge on any atom is 0.338 e. The number of amides is 1. The molecule has 3 rings (SSSR count). The second-order valence-corrected chi connectivity index (χ2v) is 7.80. The van der Waals surface area contributed by atoms with Crippen molar-refractivity contribution in [3.05, 3.63) is 94.5 Å². The van der Waals surface area contributed by atoms with E-state index < -0.39 is 0 Å². The van der Waals surface area contributed by atoms with E-state index in [2.05, 4.69) is 5.32 Å². The third-order valence-corrected chi connectivity index (χ3v) is 5.00. The van der Waals surface area contributed by atoms with Crippen molar-refractivity contribution >= 4 is 35.2 Å². The normalized spacial score (nSPS) is 10.7. The molecule has 0 spiro atoms. The van der Waals surface area contributed by atoms with E-state index in [1.807, 2.05) is 37.3 Å². The monoisotopic (exact) mass is 479 g/mol. The lowest BCUT2D eigenvalue weighted by molar-refractivity contribution is -0.111. The molecule has 1 N–H and O–H groups in total. The summed E-state index contributed by atoms with van der Waals surface area (Å²) < 4.78 is 16.4. The molecule has 0 aliphatic carbocycles. The standard InChI is InChI=1S/C27H26ClNO5/c1-3-16-33-27(31)21-8-12-23(13-9-21)29-26(30)15-7-19-6-14-24(25(17-19)32-2)34-18-20-4-10-22(28)11-5-20/h4-15,17H,3,16,18H2,1-2H3,(H,29,30). The number of rotatable bonds is 10. The second-order valence-electron chi connectivity index (χ2n) is 7.36. The molecular formula is C27H26ClNO5. The molecule has 6 nitrogen and oxygen atoms in total. The predicted molar refractivity (Wildman–Crippen MR) is 133 cm³/mol. The average Bonchev–Trinajstić information content (AvgIpc) is 2.86. The van der Waals surface area contributed by atoms with Crippen LogP contribution in [0.5, 0.6) is 11.5 Å². The lowest BCUT2D eigenvalue weighted by atomic mass is 10.1. The number of anilines is 1. The lowest BCUT2D eigenvalue weighted by Crippen LogP contribution is -2.09. The molecule has 0 saturated heterocycles. The minimum atomic E-state index is -0.380. The van der Waals surface area contributed by atoms with Crippen molar-refractivity contribution in [2.75, 3.05) is 19.0 Å². The van der Waals surface area contributed by atoms with Gasteiger partial charge in [0.1, 0.15) is 6.61 Å². The SMILES string of the molecule is CCCOC(=O)c1ccc(NC(=O)C=Cc2ccc(OCc3ccc(Cl)cc3)c(OC)c2)cc1. The van der Waals surface area contributed by atoms with Crippen LogP contribution >= 0.6 is 11.6 Å². The molecule has 0 aliphatic rings. The largest absolute Gasteiger partial charge is 0.493 e. The van der Waals surface area contributed by atoms with Crippen LogP contribution in [-0.2, 0) is 16.1 Å². The van der Waals surface area contributed by atoms with Gasteiger partial charge in [0.05, 0.1) is 19.3 Å². The fourth-order valence-electron chi connectivity index (χ4n) is 2.97. The van der Waals surface area contributed by atoms with E-state index in [1.54, 1.807) is 49.6 Å². The summed E-state index contributed by atoms with van der Waals surface area (Å²) in [4.78, 5) is 24.1. The number of hydrogen-bond donors (Lipinski definition) is 1. The molecule has 0 aliphatic heterocycles. The molecule has 0 radical (unpaired) electrons. The Kier molecular flexibility index (Phi) is 9.12. The van der Waals surface area contributed by atoms with Gasteiger partial charge in [-0.15, -0.1) is 0 Å². The quantitative estimate of drug-likeness (QED) is 0.279. The predicted octanol–water partition coefficient (Wildman–Crippen LogP) is 6.15. The van der Waals surface area contributed by atoms with Gasteiger partial charge in [0.15, 0.2) is 11.5 Å². The Balaban J connectivity index is 1.57. The van der Waals surface area contributed by atoms with Crippen LogP contribution in [-0.4, -0.2) is 25.6 Å². The Morgan fingerprint density at radius 1 is 0.971 bits per heavy atom. The Hall–Kier alpha value is -3.77. The van der Waals surface area contributed by atoms with E-state index in [4.69, 9.17) is 25.8 Å². The Bertz CT molecular complexity index is 1140. The first-order valence-electron chi connectivity index (χ1n) is 10.8. The summed E-state index contributed by atoms with van der Waals surface area (Å²) in [6, 6.07) is 19.4. The van der Waals surface area contributed by atoms with Gasteiger partial charge in [-0.2, -0.15) is 0 Å². The van der Waals surface area contributed by atoms with Gasteiger partial charge in [-0.05, 0) is 72.2 Å². The van der Waals surface area contributed by atoms with Gasteiger partial charge in [0, 0.05) is 16.8 Å². The van der Waals surface area contributed by atoms with Crippen molar-refractivity contribution in [3.63, 3.8) is 0 Å². The number of carbonyl (C=O) groups is 2. The Morgan fingerprint density at radius 2 is 1.71 bits per heavy atom. The molecule has 0 bridgehead atoms. The molecular weight excluding hydrogens is 454 g/mol. The fourth-order valence-corrected chi connectivity index (χ4v) is 3.10. The topological polar surface area (TPSA) is 73.9 Å². The van der Waals surface area contributed by atoms with Crippen molar-refractivity contribution in [3.8, 4) is 11.5 Å². The van der Waals surface area contributed by atoms with Gasteiger partial charge in [-0.3, -0.25) is 4.79 Å². The van der Waals surface area contributed by atoms with E-state index in [9.17, 15) is 9.59 Å². The summed E-state index contributed by atoms with van der Waals surface area (Å²) >= 11 is 5.91. The first-order valence-corrected chi connectivity index (χ1v) is 11.2. The number of benzene rings is 3. The Labute approximate surface area is 204 Å². The number of ether oxygens (including phenoxy) is 3. The smallest absolute Gasteiger partial charge is 0.338 e. The highest BCUT2D eigenvalue weighted by molar-refractivity contribution is 6.30. The number of halogens is 1. The van der Waals surface area contributed by atoms with E-state index in [-0.39, 0.29) is 11.9 Å². The molecule has 34 heavy (non-hydrogen) atoms. The fraction of sp³-hybridized carbons (Fsp3) is 0.185. The molecule has 0 fully saturated rings. The van der Waals surface area contributed by atoms with Crippen molar-refractivity contribution in [1.29, 1.82) is 0 Å². The first-order chi connectivity index (χ1) is 16.5. The van der Waals surface area contributed by atoms with Crippen LogP contribution in [0.3, 0.4) is 0 Å². The molecule has 3 aromatic rings. The van der Waals surface area contributed by atoms with Gasteiger partial charge in [-0.25, -0.2) is 4.79 Å². The highest BCUT2D eigenvalue weighted by Crippen LogP contribution is 2.29. The maximum absolute atomic E-state index is 12.3. The van der Waals surface area contributed by atoms with E-state index in [0.29, 0.717) is 41.0 Å². The van der Waals surface area contributed by atoms with E-state index in [1.165, 1.54) is 6.08 Å². The van der Waals surface area contributed by atoms with Crippen LogP contribution < -0.4 is 14.8 Å². The lowest BCUT2D eigenvalue weighted by Gasteiger charge is -2.11. The van der Waals surface area contributed by atoms with Crippen LogP contribution in [0.4, 0.5) is 5.69 Å². The molecule has 1 amide bonds. The first kappa shape index (κ1) is 24.9. The molecule has 3 aromatic carbocycles. The van der Waals surface area contributed by atoms with Crippen molar-refractivity contribution in [2.24, 2.45) is 0 Å². The molecule has 0 heterocycles. The van der Waals surface area contributed by atoms with Gasteiger partial charge >= 0.3 is 5.97 Å². The summed E-state index contributed by atoms with van der Waals surface area (Å²) in [5.41, 5.74) is 2.77. The van der Waals surface area contributed by atoms with Crippen LogP contribution in [0.25, 0.3) is 6.08 Å². The van der Waals surface area contributed by atoms with Crippen LogP contribution in [0.15, 0.2) is 72.8 Å². The van der Waals surface area contributed by atoms with Gasteiger partial charge < -0.3 is 19.5 Å². The molecule has 0 aromatic heterocycles.